The maximum absolute atomic E-state index is 10.5. The van der Waals surface area contributed by atoms with E-state index in [0.29, 0.717) is 0 Å². The van der Waals surface area contributed by atoms with Crippen LogP contribution in [0.1, 0.15) is 25.7 Å². The molecule has 0 aromatic carbocycles. The first-order valence-corrected chi connectivity index (χ1v) is 7.44. The number of carboxylic acids is 4. The molecule has 0 unspecified atom stereocenters. The van der Waals surface area contributed by atoms with E-state index in [1.54, 1.807) is 9.80 Å². The summed E-state index contributed by atoms with van der Waals surface area (Å²) < 4.78 is 0. The van der Waals surface area contributed by atoms with Crippen LogP contribution in [0.2, 0.25) is 0 Å². The monoisotopic (exact) mass is 500 g/mol. The second-order valence-corrected chi connectivity index (χ2v) is 5.17. The summed E-state index contributed by atoms with van der Waals surface area (Å²) in [6.07, 6.45) is -1.15. The van der Waals surface area contributed by atoms with Crippen LogP contribution in [0.25, 0.3) is 0 Å². The van der Waals surface area contributed by atoms with E-state index in [4.69, 9.17) is 0 Å². The van der Waals surface area contributed by atoms with Gasteiger partial charge in [-0.3, -0.25) is 0 Å². The number of nitrogens with zero attached hydrogens (tertiary/aromatic N) is 2. The first-order chi connectivity index (χ1) is 11.2. The molecule has 0 bridgehead atoms. The van der Waals surface area contributed by atoms with Gasteiger partial charge in [0.1, 0.15) is 0 Å². The van der Waals surface area contributed by atoms with Gasteiger partial charge in [0.2, 0.25) is 0 Å². The summed E-state index contributed by atoms with van der Waals surface area (Å²) >= 11 is 0. The van der Waals surface area contributed by atoms with Gasteiger partial charge in [0.15, 0.2) is 0 Å². The predicted octanol–water partition coefficient (Wildman–Crippen LogP) is -17.8. The van der Waals surface area contributed by atoms with Crippen LogP contribution in [0, 0.1) is 0 Å². The van der Waals surface area contributed by atoms with Crippen LogP contribution in [0.3, 0.4) is 0 Å². The smallest absolute Gasteiger partial charge is 0.550 e. The van der Waals surface area contributed by atoms with Crippen LogP contribution in [0.15, 0.2) is 0 Å². The molecule has 0 aromatic heterocycles. The zero-order chi connectivity index (χ0) is 18.5. The molecular weight excluding hydrogens is 481 g/mol. The fourth-order valence-corrected chi connectivity index (χ4v) is 1.95. The van der Waals surface area contributed by atoms with Crippen molar-refractivity contribution in [3.8, 4) is 0 Å². The average molecular weight is 501 g/mol. The van der Waals surface area contributed by atoms with Crippen LogP contribution in [0.5, 0.6) is 0 Å². The molecule has 0 aliphatic heterocycles. The van der Waals surface area contributed by atoms with Gasteiger partial charge >= 0.3 is 206 Å². The number of hydrogen-bond acceptors (Lipinski definition) is 10. The van der Waals surface area contributed by atoms with E-state index < -0.39 is 23.9 Å². The van der Waals surface area contributed by atoms with E-state index in [1.165, 1.54) is 0 Å². The molecule has 10 nitrogen and oxygen atoms in total. The van der Waals surface area contributed by atoms with Gasteiger partial charge in [-0.15, -0.1) is 0 Å². The third-order valence-electron chi connectivity index (χ3n) is 3.26. The molecule has 0 rings (SSSR count). The van der Waals surface area contributed by atoms with E-state index in [0.717, 1.165) is 0 Å². The van der Waals surface area contributed by atoms with Gasteiger partial charge in [-0.25, -0.2) is 0 Å². The normalized spacial score (nSPS) is 9.36. The van der Waals surface area contributed by atoms with Crippen molar-refractivity contribution < 1.29 is 245 Å². The summed E-state index contributed by atoms with van der Waals surface area (Å²) in [6, 6.07) is 0. The first kappa shape index (κ1) is 42.5. The molecule has 0 radical (unpaired) electrons. The third kappa shape index (κ3) is 30.3. The summed E-state index contributed by atoms with van der Waals surface area (Å²) in [6.45, 7) is 0.713. The number of rotatable bonds is 15. The number of aliphatic carboxylic acids is 4. The Kier molecular flexibility index (Phi) is 41.9. The van der Waals surface area contributed by atoms with Gasteiger partial charge in [-0.1, -0.05) is 0 Å². The minimum absolute atomic E-state index is 0. The van der Waals surface area contributed by atoms with Crippen molar-refractivity contribution in [3.63, 3.8) is 0 Å². The van der Waals surface area contributed by atoms with Crippen molar-refractivity contribution in [2.24, 2.45) is 0 Å². The fourth-order valence-electron chi connectivity index (χ4n) is 1.95. The zero-order valence-corrected chi connectivity index (χ0v) is 29.7. The molecule has 0 atom stereocenters. The minimum atomic E-state index is -1.28. The molecule has 0 heterocycles. The van der Waals surface area contributed by atoms with Gasteiger partial charge in [-0.2, -0.15) is 0 Å². The summed E-state index contributed by atoms with van der Waals surface area (Å²) in [7, 11) is 0. The predicted molar refractivity (Wildman–Crippen MR) is 71.4 cm³/mol. The van der Waals surface area contributed by atoms with Crippen molar-refractivity contribution in [2.75, 3.05) is 39.3 Å². The quantitative estimate of drug-likeness (QED) is 0.197. The van der Waals surface area contributed by atoms with Gasteiger partial charge in [0.05, 0.1) is 0 Å². The minimum Gasteiger partial charge on any atom is -0.550 e. The molecule has 28 heavy (non-hydrogen) atoms. The van der Waals surface area contributed by atoms with E-state index in [1.807, 2.05) is 0 Å². The van der Waals surface area contributed by atoms with Crippen molar-refractivity contribution >= 4 is 23.9 Å². The number of carboxylic acid groups (broad SMARTS) is 4. The Labute approximate surface area is 335 Å². The molecule has 0 aliphatic carbocycles. The summed E-state index contributed by atoms with van der Waals surface area (Å²) in [4.78, 5) is 45.2. The van der Waals surface area contributed by atoms with Crippen LogP contribution < -0.4 is 226 Å². The molecule has 0 saturated heterocycles. The number of carbonyl (C=O) groups excluding carboxylic acids is 4. The summed E-state index contributed by atoms with van der Waals surface area (Å²) in [5.41, 5.74) is 0. The van der Waals surface area contributed by atoms with E-state index in [9.17, 15) is 39.6 Å². The topological polar surface area (TPSA) is 167 Å². The molecular formula is C14H20K4N2O8. The van der Waals surface area contributed by atoms with Gasteiger partial charge in [0, 0.05) is 63.1 Å². The Morgan fingerprint density at radius 1 is 0.429 bits per heavy atom. The first-order valence-electron chi connectivity index (χ1n) is 7.44. The molecule has 0 aliphatic rings. The van der Waals surface area contributed by atoms with Crippen molar-refractivity contribution in [1.82, 2.24) is 9.80 Å². The second kappa shape index (κ2) is 27.6. The maximum atomic E-state index is 10.5. The van der Waals surface area contributed by atoms with E-state index in [2.05, 4.69) is 0 Å². The molecule has 0 amide bonds. The van der Waals surface area contributed by atoms with Crippen molar-refractivity contribution in [2.45, 2.75) is 25.7 Å². The van der Waals surface area contributed by atoms with Crippen LogP contribution in [0.4, 0.5) is 0 Å². The Morgan fingerprint density at radius 3 is 0.750 bits per heavy atom. The van der Waals surface area contributed by atoms with Gasteiger partial charge < -0.3 is 49.4 Å². The summed E-state index contributed by atoms with van der Waals surface area (Å²) in [5, 5.41) is 42.1. The molecule has 14 heteroatoms. The third-order valence-corrected chi connectivity index (χ3v) is 3.26. The standard InChI is InChI=1S/C14H24N2O8.4K/c17-11(18)1-5-15(6-2-12(19)20)9-10-16(7-3-13(21)22)8-4-14(23)24;;;;/h1-10H2,(H,17,18)(H,19,20)(H,21,22)(H,23,24);;;;/q;4*+1/p-4. The van der Waals surface area contributed by atoms with E-state index in [-0.39, 0.29) is 270 Å². The SMILES string of the molecule is O=C([O-])CCN(CCC(=O)[O-])CCN(CCC(=O)[O-])CCC(=O)[O-].[K+].[K+].[K+].[K+]. The maximum Gasteiger partial charge on any atom is 1.00 e. The average Bonchev–Trinajstić information content (AvgIpc) is 2.47. The van der Waals surface area contributed by atoms with Crippen LogP contribution >= 0.6 is 0 Å². The molecule has 0 saturated carbocycles. The fraction of sp³-hybridized carbons (Fsp3) is 0.714. The van der Waals surface area contributed by atoms with Crippen LogP contribution in [-0.2, 0) is 19.2 Å². The summed E-state index contributed by atoms with van der Waals surface area (Å²) in [5.74, 6) is -5.11. The molecule has 0 aromatic rings. The van der Waals surface area contributed by atoms with Crippen LogP contribution in [-0.4, -0.2) is 72.9 Å². The Morgan fingerprint density at radius 2 is 0.607 bits per heavy atom. The Hall–Kier alpha value is 4.35. The van der Waals surface area contributed by atoms with Crippen molar-refractivity contribution in [1.29, 1.82) is 0 Å². The Bertz CT molecular complexity index is 381. The Balaban J connectivity index is -0.000000441. The number of hydrogen-bond donors (Lipinski definition) is 0. The van der Waals surface area contributed by atoms with Gasteiger partial charge in [0.25, 0.3) is 0 Å². The molecule has 0 spiro atoms. The zero-order valence-electron chi connectivity index (χ0n) is 17.2. The van der Waals surface area contributed by atoms with E-state index >= 15 is 0 Å². The van der Waals surface area contributed by atoms with Gasteiger partial charge in [-0.05, 0) is 25.7 Å². The molecule has 0 N–H and O–H groups in total. The molecule has 0 fully saturated rings. The number of carbonyl (C=O) groups is 4. The molecule has 138 valence electrons. The van der Waals surface area contributed by atoms with Crippen molar-refractivity contribution in [3.05, 3.63) is 0 Å². The largest absolute Gasteiger partial charge is 1.00 e. The second-order valence-electron chi connectivity index (χ2n) is 5.17.